The lowest BCUT2D eigenvalue weighted by molar-refractivity contribution is -0.141. The zero-order valence-corrected chi connectivity index (χ0v) is 15.4. The molecule has 3 aromatic rings. The minimum atomic E-state index is -4.56. The quantitative estimate of drug-likeness (QED) is 0.697. The highest BCUT2D eigenvalue weighted by Crippen LogP contribution is 2.32. The van der Waals surface area contributed by atoms with Gasteiger partial charge in [-0.1, -0.05) is 0 Å². The van der Waals surface area contributed by atoms with Gasteiger partial charge in [-0.2, -0.15) is 18.3 Å². The second-order valence-corrected chi connectivity index (χ2v) is 9.51. The molecule has 3 rings (SSSR count). The number of aromatic amines is 1. The van der Waals surface area contributed by atoms with Crippen molar-refractivity contribution in [3.63, 3.8) is 0 Å². The summed E-state index contributed by atoms with van der Waals surface area (Å²) in [5.41, 5.74) is -0.577. The monoisotopic (exact) mass is 399 g/mol. The predicted octanol–water partition coefficient (Wildman–Crippen LogP) is 3.69. The van der Waals surface area contributed by atoms with Crippen molar-refractivity contribution in [2.75, 3.05) is 5.32 Å². The molecular formula is C16H16F3N5O2S. The Labute approximate surface area is 153 Å². The van der Waals surface area contributed by atoms with E-state index in [0.717, 1.165) is 6.07 Å². The maximum Gasteiger partial charge on any atom is 0.432 e. The summed E-state index contributed by atoms with van der Waals surface area (Å²) in [7, 11) is -3.63. The Bertz CT molecular complexity index is 1100. The average molecular weight is 399 g/mol. The van der Waals surface area contributed by atoms with Crippen molar-refractivity contribution < 1.29 is 21.6 Å². The summed E-state index contributed by atoms with van der Waals surface area (Å²) in [6, 6.07) is 5.15. The van der Waals surface area contributed by atoms with Gasteiger partial charge < -0.3 is 5.32 Å². The molecule has 0 spiro atoms. The molecule has 0 bridgehead atoms. The number of nitrogens with zero attached hydrogens (tertiary/aromatic N) is 3. The summed E-state index contributed by atoms with van der Waals surface area (Å²) in [5.74, 6) is 0.0394. The van der Waals surface area contributed by atoms with E-state index in [-0.39, 0.29) is 16.5 Å². The van der Waals surface area contributed by atoms with E-state index in [9.17, 15) is 21.6 Å². The van der Waals surface area contributed by atoms with Gasteiger partial charge in [0.05, 0.1) is 15.2 Å². The molecule has 0 aliphatic heterocycles. The predicted molar refractivity (Wildman–Crippen MR) is 93.3 cm³/mol. The van der Waals surface area contributed by atoms with Crippen molar-refractivity contribution in [3.05, 3.63) is 36.3 Å². The standard InChI is InChI=1S/C16H16F3N5O2S/c1-15(2,3)27(25,26)9-4-5-11-10(6-9)14(21-8-20-11)22-13-7-12(23-24-13)16(17,18)19/h4-8H,1-3H3,(H2,20,21,22,23,24). The molecule has 1 aromatic carbocycles. The van der Waals surface area contributed by atoms with Crippen LogP contribution < -0.4 is 5.32 Å². The first-order chi connectivity index (χ1) is 12.4. The number of hydrogen-bond acceptors (Lipinski definition) is 6. The van der Waals surface area contributed by atoms with Gasteiger partial charge in [0.25, 0.3) is 0 Å². The van der Waals surface area contributed by atoms with Crippen molar-refractivity contribution >= 4 is 32.4 Å². The first-order valence-corrected chi connectivity index (χ1v) is 9.27. The normalized spacial score (nSPS) is 13.1. The van der Waals surface area contributed by atoms with Crippen LogP contribution in [0.2, 0.25) is 0 Å². The highest BCUT2D eigenvalue weighted by Gasteiger charge is 2.33. The third-order valence-corrected chi connectivity index (χ3v) is 6.34. The number of benzene rings is 1. The summed E-state index contributed by atoms with van der Waals surface area (Å²) in [6.07, 6.45) is -3.34. The third-order valence-electron chi connectivity index (χ3n) is 3.85. The van der Waals surface area contributed by atoms with Crippen LogP contribution in [-0.2, 0) is 16.0 Å². The molecular weight excluding hydrogens is 383 g/mol. The number of fused-ring (bicyclic) bond motifs is 1. The Morgan fingerprint density at radius 2 is 1.78 bits per heavy atom. The number of H-pyrrole nitrogens is 1. The summed E-state index contributed by atoms with van der Waals surface area (Å²) in [6.45, 7) is 4.74. The highest BCUT2D eigenvalue weighted by atomic mass is 32.2. The van der Waals surface area contributed by atoms with Crippen molar-refractivity contribution in [1.82, 2.24) is 20.2 Å². The van der Waals surface area contributed by atoms with E-state index in [0.29, 0.717) is 10.9 Å². The number of alkyl halides is 3. The fraction of sp³-hybridized carbons (Fsp3) is 0.312. The zero-order valence-electron chi connectivity index (χ0n) is 14.6. The molecule has 11 heteroatoms. The molecule has 0 saturated carbocycles. The van der Waals surface area contributed by atoms with Crippen LogP contribution in [0.5, 0.6) is 0 Å². The minimum Gasteiger partial charge on any atom is -0.323 e. The zero-order chi connectivity index (χ0) is 20.0. The Kier molecular flexibility index (Phi) is 4.37. The smallest absolute Gasteiger partial charge is 0.323 e. The Balaban J connectivity index is 2.06. The Hall–Kier alpha value is -2.69. The number of sulfone groups is 1. The first kappa shape index (κ1) is 19.1. The lowest BCUT2D eigenvalue weighted by Gasteiger charge is -2.19. The van der Waals surface area contributed by atoms with Crippen LogP contribution in [0.15, 0.2) is 35.5 Å². The number of anilines is 2. The summed E-state index contributed by atoms with van der Waals surface area (Å²) < 4.78 is 62.4. The molecule has 0 unspecified atom stereocenters. The number of halogens is 3. The molecule has 2 aromatic heterocycles. The van der Waals surface area contributed by atoms with Crippen molar-refractivity contribution in [1.29, 1.82) is 0 Å². The molecule has 0 aliphatic carbocycles. The van der Waals surface area contributed by atoms with E-state index in [1.807, 2.05) is 5.10 Å². The first-order valence-electron chi connectivity index (χ1n) is 7.78. The van der Waals surface area contributed by atoms with Crippen molar-refractivity contribution in [2.24, 2.45) is 0 Å². The summed E-state index contributed by atoms with van der Waals surface area (Å²) in [5, 5.41) is 8.47. The molecule has 0 radical (unpaired) electrons. The van der Waals surface area contributed by atoms with Crippen LogP contribution in [0.4, 0.5) is 24.8 Å². The number of aromatic nitrogens is 4. The fourth-order valence-electron chi connectivity index (χ4n) is 2.31. The van der Waals surface area contributed by atoms with Gasteiger partial charge in [-0.25, -0.2) is 18.4 Å². The van der Waals surface area contributed by atoms with Gasteiger partial charge in [-0.15, -0.1) is 0 Å². The third kappa shape index (κ3) is 3.59. The molecule has 27 heavy (non-hydrogen) atoms. The van der Waals surface area contributed by atoms with Gasteiger partial charge in [-0.3, -0.25) is 5.10 Å². The fourth-order valence-corrected chi connectivity index (χ4v) is 3.54. The Morgan fingerprint density at radius 1 is 1.07 bits per heavy atom. The molecule has 144 valence electrons. The molecule has 0 atom stereocenters. The molecule has 0 fully saturated rings. The van der Waals surface area contributed by atoms with Crippen molar-refractivity contribution in [3.8, 4) is 0 Å². The summed E-state index contributed by atoms with van der Waals surface area (Å²) in [4.78, 5) is 8.13. The van der Waals surface area contributed by atoms with Gasteiger partial charge in [0.1, 0.15) is 17.8 Å². The number of nitrogens with one attached hydrogen (secondary N) is 2. The molecule has 0 saturated heterocycles. The van der Waals surface area contributed by atoms with E-state index >= 15 is 0 Å². The van der Waals surface area contributed by atoms with E-state index in [2.05, 4.69) is 20.4 Å². The van der Waals surface area contributed by atoms with E-state index in [4.69, 9.17) is 0 Å². The van der Waals surface area contributed by atoms with E-state index in [1.54, 1.807) is 20.8 Å². The van der Waals surface area contributed by atoms with Crippen LogP contribution in [0.25, 0.3) is 10.9 Å². The van der Waals surface area contributed by atoms with Gasteiger partial charge in [0, 0.05) is 11.5 Å². The molecule has 0 aliphatic rings. The topological polar surface area (TPSA) is 101 Å². The Morgan fingerprint density at radius 3 is 2.37 bits per heavy atom. The van der Waals surface area contributed by atoms with Gasteiger partial charge >= 0.3 is 6.18 Å². The highest BCUT2D eigenvalue weighted by molar-refractivity contribution is 7.92. The van der Waals surface area contributed by atoms with Gasteiger partial charge in [-0.05, 0) is 39.0 Å². The van der Waals surface area contributed by atoms with E-state index < -0.39 is 26.5 Å². The largest absolute Gasteiger partial charge is 0.432 e. The van der Waals surface area contributed by atoms with Crippen LogP contribution in [0.3, 0.4) is 0 Å². The van der Waals surface area contributed by atoms with E-state index in [1.165, 1.54) is 24.5 Å². The summed E-state index contributed by atoms with van der Waals surface area (Å²) >= 11 is 0. The average Bonchev–Trinajstić information content (AvgIpc) is 3.02. The number of rotatable bonds is 3. The van der Waals surface area contributed by atoms with Gasteiger partial charge in [0.2, 0.25) is 0 Å². The van der Waals surface area contributed by atoms with Crippen molar-refractivity contribution in [2.45, 2.75) is 36.6 Å². The lowest BCUT2D eigenvalue weighted by Crippen LogP contribution is -2.27. The second-order valence-electron chi connectivity index (χ2n) is 6.81. The molecule has 2 heterocycles. The van der Waals surface area contributed by atoms with Crippen LogP contribution in [-0.4, -0.2) is 33.3 Å². The molecule has 0 amide bonds. The minimum absolute atomic E-state index is 0.0679. The van der Waals surface area contributed by atoms with Crippen LogP contribution >= 0.6 is 0 Å². The molecule has 7 nitrogen and oxygen atoms in total. The SMILES string of the molecule is CC(C)(C)S(=O)(=O)c1ccc2ncnc(Nc3cc(C(F)(F)F)[nH]n3)c2c1. The lowest BCUT2D eigenvalue weighted by atomic mass is 10.2. The maximum atomic E-state index is 12.7. The number of hydrogen-bond donors (Lipinski definition) is 2. The van der Waals surface area contributed by atoms with Crippen LogP contribution in [0, 0.1) is 0 Å². The van der Waals surface area contributed by atoms with Gasteiger partial charge in [0.15, 0.2) is 15.7 Å². The maximum absolute atomic E-state index is 12.7. The molecule has 2 N–H and O–H groups in total. The van der Waals surface area contributed by atoms with Crippen LogP contribution in [0.1, 0.15) is 26.5 Å². The second kappa shape index (κ2) is 6.19.